The number of carbonyl (C=O) groups is 3. The Bertz CT molecular complexity index is 1240. The first-order valence-corrected chi connectivity index (χ1v) is 9.29. The van der Waals surface area contributed by atoms with Crippen LogP contribution in [0, 0.1) is 0 Å². The maximum Gasteiger partial charge on any atom is 0.292 e. The van der Waals surface area contributed by atoms with E-state index in [-0.39, 0.29) is 17.3 Å². The van der Waals surface area contributed by atoms with Crippen molar-refractivity contribution < 1.29 is 14.4 Å². The van der Waals surface area contributed by atoms with E-state index in [1.165, 1.54) is 6.92 Å². The van der Waals surface area contributed by atoms with Crippen LogP contribution in [0.1, 0.15) is 38.4 Å². The number of benzene rings is 2. The summed E-state index contributed by atoms with van der Waals surface area (Å²) >= 11 is 0. The van der Waals surface area contributed by atoms with Crippen LogP contribution in [-0.2, 0) is 0 Å². The highest BCUT2D eigenvalue weighted by Gasteiger charge is 2.21. The van der Waals surface area contributed by atoms with Gasteiger partial charge in [-0.2, -0.15) is 0 Å². The first-order valence-electron chi connectivity index (χ1n) is 9.29. The van der Waals surface area contributed by atoms with Crippen LogP contribution in [0.5, 0.6) is 0 Å². The maximum absolute atomic E-state index is 12.8. The van der Waals surface area contributed by atoms with Crippen molar-refractivity contribution in [1.82, 2.24) is 9.38 Å². The van der Waals surface area contributed by atoms with Crippen LogP contribution >= 0.6 is 0 Å². The molecule has 4 aromatic rings. The minimum atomic E-state index is -0.467. The van der Waals surface area contributed by atoms with Crippen molar-refractivity contribution in [3.8, 4) is 0 Å². The molecular weight excluding hydrogens is 380 g/mol. The van der Waals surface area contributed by atoms with Crippen LogP contribution in [0.4, 0.5) is 11.4 Å². The number of hydrogen-bond donors (Lipinski definition) is 2. The molecule has 0 atom stereocenters. The molecule has 0 saturated carbocycles. The van der Waals surface area contributed by atoms with Gasteiger partial charge in [0.2, 0.25) is 5.82 Å². The summed E-state index contributed by atoms with van der Waals surface area (Å²) in [7, 11) is 0. The summed E-state index contributed by atoms with van der Waals surface area (Å²) in [6.45, 7) is 1.48. The molecule has 2 heterocycles. The van der Waals surface area contributed by atoms with E-state index in [1.807, 2.05) is 18.2 Å². The van der Waals surface area contributed by atoms with E-state index in [4.69, 9.17) is 0 Å². The summed E-state index contributed by atoms with van der Waals surface area (Å²) < 4.78 is 1.57. The second kappa shape index (κ2) is 8.00. The molecule has 2 aromatic carbocycles. The molecule has 2 amide bonds. The Balaban J connectivity index is 1.63. The molecule has 0 aliphatic carbocycles. The lowest BCUT2D eigenvalue weighted by atomic mass is 10.1. The Morgan fingerprint density at radius 2 is 1.40 bits per heavy atom. The number of fused-ring (bicyclic) bond motifs is 1. The molecule has 4 rings (SSSR count). The lowest BCUT2D eigenvalue weighted by Crippen LogP contribution is -2.16. The summed E-state index contributed by atoms with van der Waals surface area (Å²) in [6, 6.07) is 20.9. The molecule has 0 fully saturated rings. The smallest absolute Gasteiger partial charge is 0.292 e. The summed E-state index contributed by atoms with van der Waals surface area (Å²) in [5.74, 6) is -0.846. The van der Waals surface area contributed by atoms with Gasteiger partial charge in [0.1, 0.15) is 0 Å². The SMILES string of the molecule is CC(=O)c1ccc(NC(=O)c2nc(C(=O)Nc3ccccc3)c3ccccn23)cc1. The molecule has 0 aliphatic heterocycles. The minimum Gasteiger partial charge on any atom is -0.321 e. The molecule has 2 N–H and O–H groups in total. The molecular formula is C23H18N4O3. The Kier molecular flexibility index (Phi) is 5.09. The van der Waals surface area contributed by atoms with Gasteiger partial charge in [-0.25, -0.2) is 4.98 Å². The fourth-order valence-electron chi connectivity index (χ4n) is 3.05. The lowest BCUT2D eigenvalue weighted by Gasteiger charge is -2.05. The average Bonchev–Trinajstić information content (AvgIpc) is 3.15. The number of ketones is 1. The summed E-state index contributed by atoms with van der Waals surface area (Å²) in [4.78, 5) is 41.3. The number of anilines is 2. The van der Waals surface area contributed by atoms with Gasteiger partial charge in [-0.05, 0) is 55.5 Å². The number of Topliss-reactive ketones (excluding diaryl/α,β-unsaturated/α-hetero) is 1. The quantitative estimate of drug-likeness (QED) is 0.496. The second-order valence-electron chi connectivity index (χ2n) is 6.65. The van der Waals surface area contributed by atoms with Crippen molar-refractivity contribution >= 4 is 34.5 Å². The van der Waals surface area contributed by atoms with E-state index in [2.05, 4.69) is 15.6 Å². The van der Waals surface area contributed by atoms with Crippen LogP contribution in [0.15, 0.2) is 79.0 Å². The van der Waals surface area contributed by atoms with E-state index in [0.717, 1.165) is 0 Å². The van der Waals surface area contributed by atoms with E-state index in [0.29, 0.717) is 22.5 Å². The summed E-state index contributed by atoms with van der Waals surface area (Å²) in [6.07, 6.45) is 1.68. The third-order valence-electron chi connectivity index (χ3n) is 4.55. The molecule has 7 heteroatoms. The Morgan fingerprint density at radius 1 is 0.767 bits per heavy atom. The third kappa shape index (κ3) is 3.81. The fourth-order valence-corrected chi connectivity index (χ4v) is 3.05. The van der Waals surface area contributed by atoms with Crippen molar-refractivity contribution in [2.75, 3.05) is 10.6 Å². The average molecular weight is 398 g/mol. The zero-order valence-corrected chi connectivity index (χ0v) is 16.1. The van der Waals surface area contributed by atoms with Crippen LogP contribution in [0.2, 0.25) is 0 Å². The normalized spacial score (nSPS) is 10.6. The van der Waals surface area contributed by atoms with E-state index in [1.54, 1.807) is 65.2 Å². The molecule has 0 bridgehead atoms. The van der Waals surface area contributed by atoms with Gasteiger partial charge < -0.3 is 10.6 Å². The Labute approximate surface area is 172 Å². The number of amides is 2. The molecule has 2 aromatic heterocycles. The van der Waals surface area contributed by atoms with Gasteiger partial charge in [0, 0.05) is 23.1 Å². The zero-order chi connectivity index (χ0) is 21.1. The number of imidazole rings is 1. The predicted molar refractivity (Wildman–Crippen MR) is 114 cm³/mol. The predicted octanol–water partition coefficient (Wildman–Crippen LogP) is 4.04. The second-order valence-corrected chi connectivity index (χ2v) is 6.65. The fraction of sp³-hybridized carbons (Fsp3) is 0.0435. The van der Waals surface area contributed by atoms with Crippen LogP contribution < -0.4 is 10.6 Å². The Morgan fingerprint density at radius 3 is 2.10 bits per heavy atom. The first-order chi connectivity index (χ1) is 14.5. The number of rotatable bonds is 5. The van der Waals surface area contributed by atoms with E-state index in [9.17, 15) is 14.4 Å². The highest BCUT2D eigenvalue weighted by Crippen LogP contribution is 2.17. The molecule has 0 unspecified atom stereocenters. The topological polar surface area (TPSA) is 92.6 Å². The standard InChI is InChI=1S/C23H18N4O3/c1-15(28)16-10-12-18(13-11-16)25-23(30)21-26-20(19-9-5-6-14-27(19)21)22(29)24-17-7-3-2-4-8-17/h2-14H,1H3,(H,24,29)(H,25,30). The van der Waals surface area contributed by atoms with Crippen molar-refractivity contribution in [3.63, 3.8) is 0 Å². The lowest BCUT2D eigenvalue weighted by molar-refractivity contribution is 0.100. The van der Waals surface area contributed by atoms with Crippen molar-refractivity contribution in [1.29, 1.82) is 0 Å². The summed E-state index contributed by atoms with van der Waals surface area (Å²) in [5, 5.41) is 5.54. The Hall–Kier alpha value is -4.26. The molecule has 7 nitrogen and oxygen atoms in total. The van der Waals surface area contributed by atoms with Crippen LogP contribution in [-0.4, -0.2) is 27.0 Å². The van der Waals surface area contributed by atoms with Gasteiger partial charge in [0.25, 0.3) is 11.8 Å². The third-order valence-corrected chi connectivity index (χ3v) is 4.55. The number of nitrogens with zero attached hydrogens (tertiary/aromatic N) is 2. The minimum absolute atomic E-state index is 0.0544. The number of para-hydroxylation sites is 1. The van der Waals surface area contributed by atoms with Crippen molar-refractivity contribution in [2.45, 2.75) is 6.92 Å². The number of hydrogen-bond acceptors (Lipinski definition) is 4. The highest BCUT2D eigenvalue weighted by atomic mass is 16.2. The molecule has 148 valence electrons. The highest BCUT2D eigenvalue weighted by molar-refractivity contribution is 6.10. The summed E-state index contributed by atoms with van der Waals surface area (Å²) in [5.41, 5.74) is 2.38. The number of carbonyl (C=O) groups excluding carboxylic acids is 3. The van der Waals surface area contributed by atoms with E-state index >= 15 is 0 Å². The molecule has 0 saturated heterocycles. The van der Waals surface area contributed by atoms with Crippen LogP contribution in [0.3, 0.4) is 0 Å². The van der Waals surface area contributed by atoms with Crippen LogP contribution in [0.25, 0.3) is 5.52 Å². The molecule has 0 aliphatic rings. The molecule has 0 radical (unpaired) electrons. The van der Waals surface area contributed by atoms with E-state index < -0.39 is 11.8 Å². The number of pyridine rings is 1. The molecule has 0 spiro atoms. The molecule has 30 heavy (non-hydrogen) atoms. The van der Waals surface area contributed by atoms with Gasteiger partial charge in [0.15, 0.2) is 11.5 Å². The largest absolute Gasteiger partial charge is 0.321 e. The van der Waals surface area contributed by atoms with Gasteiger partial charge >= 0.3 is 0 Å². The number of nitrogens with one attached hydrogen (secondary N) is 2. The maximum atomic E-state index is 12.8. The van der Waals surface area contributed by atoms with Crippen molar-refractivity contribution in [2.24, 2.45) is 0 Å². The number of aromatic nitrogens is 2. The van der Waals surface area contributed by atoms with Crippen molar-refractivity contribution in [3.05, 3.63) is 96.1 Å². The zero-order valence-electron chi connectivity index (χ0n) is 16.1. The first kappa shape index (κ1) is 19.1. The monoisotopic (exact) mass is 398 g/mol. The van der Waals surface area contributed by atoms with Gasteiger partial charge in [-0.3, -0.25) is 18.8 Å². The van der Waals surface area contributed by atoms with Gasteiger partial charge in [-0.1, -0.05) is 24.3 Å². The van der Waals surface area contributed by atoms with Gasteiger partial charge in [-0.15, -0.1) is 0 Å². The van der Waals surface area contributed by atoms with Gasteiger partial charge in [0.05, 0.1) is 5.52 Å².